The van der Waals surface area contributed by atoms with E-state index in [0.29, 0.717) is 5.56 Å². The Labute approximate surface area is 223 Å². The Morgan fingerprint density at radius 2 is 1.45 bits per heavy atom. The van der Waals surface area contributed by atoms with Crippen LogP contribution in [0.4, 0.5) is 14.4 Å². The van der Waals surface area contributed by atoms with Crippen molar-refractivity contribution in [2.75, 3.05) is 20.3 Å². The number of methoxy groups -OCH3 is 1. The zero-order valence-corrected chi connectivity index (χ0v) is 23.1. The van der Waals surface area contributed by atoms with Crippen LogP contribution in [0.1, 0.15) is 59.9 Å². The van der Waals surface area contributed by atoms with Crippen molar-refractivity contribution in [3.63, 3.8) is 0 Å². The van der Waals surface area contributed by atoms with Crippen molar-refractivity contribution < 1.29 is 52.3 Å². The second-order valence-corrected chi connectivity index (χ2v) is 9.32. The Kier molecular flexibility index (Phi) is 13.4. The lowest BCUT2D eigenvalue weighted by molar-refractivity contribution is -0.147. The fraction of sp³-hybridized carbons (Fsp3) is 0.615. The molecule has 12 nitrogen and oxygen atoms in total. The lowest BCUT2D eigenvalue weighted by atomic mass is 9.88. The van der Waals surface area contributed by atoms with E-state index >= 15 is 0 Å². The van der Waals surface area contributed by atoms with Crippen LogP contribution in [0.15, 0.2) is 18.2 Å². The second kappa shape index (κ2) is 15.7. The number of hydrogen-bond acceptors (Lipinski definition) is 12. The van der Waals surface area contributed by atoms with E-state index in [2.05, 4.69) is 0 Å². The fourth-order valence-corrected chi connectivity index (χ4v) is 2.96. The molecule has 1 aromatic rings. The summed E-state index contributed by atoms with van der Waals surface area (Å²) in [6.07, 6.45) is -3.17. The molecule has 0 aliphatic carbocycles. The Balaban J connectivity index is 3.08. The van der Waals surface area contributed by atoms with Crippen LogP contribution in [0.2, 0.25) is 0 Å². The van der Waals surface area contributed by atoms with Crippen LogP contribution in [0, 0.1) is 5.92 Å². The van der Waals surface area contributed by atoms with Crippen molar-refractivity contribution in [1.82, 2.24) is 0 Å². The average molecular weight is 542 g/mol. The van der Waals surface area contributed by atoms with Gasteiger partial charge in [0.15, 0.2) is 11.5 Å². The van der Waals surface area contributed by atoms with Gasteiger partial charge in [-0.25, -0.2) is 14.4 Å². The topological polar surface area (TPSA) is 159 Å². The van der Waals surface area contributed by atoms with Gasteiger partial charge in [-0.2, -0.15) is 0 Å². The summed E-state index contributed by atoms with van der Waals surface area (Å²) in [5.41, 5.74) is 5.17. The molecule has 0 saturated heterocycles. The molecule has 0 aliphatic rings. The maximum Gasteiger partial charge on any atom is 0.514 e. The molecule has 2 N–H and O–H groups in total. The smallest absolute Gasteiger partial charge is 0.468 e. The summed E-state index contributed by atoms with van der Waals surface area (Å²) in [6.45, 7) is 10.5. The lowest BCUT2D eigenvalue weighted by Gasteiger charge is -2.26. The Bertz CT molecular complexity index is 947. The van der Waals surface area contributed by atoms with Gasteiger partial charge in [0.05, 0.1) is 32.5 Å². The first-order valence-electron chi connectivity index (χ1n) is 12.4. The molecule has 2 atom stereocenters. The average Bonchev–Trinajstić information content (AvgIpc) is 2.82. The minimum absolute atomic E-state index is 0.0946. The van der Waals surface area contributed by atoms with Crippen LogP contribution in [0.25, 0.3) is 0 Å². The third-order valence-corrected chi connectivity index (χ3v) is 5.12. The van der Waals surface area contributed by atoms with E-state index in [-0.39, 0.29) is 43.5 Å². The molecule has 0 heterocycles. The van der Waals surface area contributed by atoms with Gasteiger partial charge in [0.2, 0.25) is 0 Å². The molecule has 0 aliphatic heterocycles. The van der Waals surface area contributed by atoms with Crippen molar-refractivity contribution in [3.8, 4) is 11.5 Å². The van der Waals surface area contributed by atoms with Gasteiger partial charge >= 0.3 is 24.4 Å². The fourth-order valence-electron chi connectivity index (χ4n) is 2.96. The molecule has 0 fully saturated rings. The largest absolute Gasteiger partial charge is 0.514 e. The SMILES string of the molecule is CC[C@H](C)COC(=O)OCCC(N)(Cc1ccc(OC(=O)OC(C)C)c(OC(=O)OC(C)C)c1)C(=O)OC. The molecular weight excluding hydrogens is 502 g/mol. The highest BCUT2D eigenvalue weighted by Crippen LogP contribution is 2.31. The van der Waals surface area contributed by atoms with Gasteiger partial charge in [-0.3, -0.25) is 4.79 Å². The molecule has 1 rings (SSSR count). The Morgan fingerprint density at radius 3 is 1.97 bits per heavy atom. The van der Waals surface area contributed by atoms with E-state index in [1.165, 1.54) is 25.3 Å². The van der Waals surface area contributed by atoms with Gasteiger partial charge < -0.3 is 38.9 Å². The molecular formula is C26H39NO11. The number of ether oxygens (including phenoxy) is 7. The summed E-state index contributed by atoms with van der Waals surface area (Å²) in [4.78, 5) is 48.5. The normalized spacial score (nSPS) is 13.2. The molecule has 214 valence electrons. The zero-order valence-electron chi connectivity index (χ0n) is 23.1. The first-order valence-corrected chi connectivity index (χ1v) is 12.4. The van der Waals surface area contributed by atoms with Crippen molar-refractivity contribution in [3.05, 3.63) is 23.8 Å². The molecule has 0 aromatic heterocycles. The molecule has 12 heteroatoms. The molecule has 0 amide bonds. The van der Waals surface area contributed by atoms with E-state index in [1.807, 2.05) is 13.8 Å². The maximum absolute atomic E-state index is 12.6. The molecule has 38 heavy (non-hydrogen) atoms. The molecule has 0 radical (unpaired) electrons. The highest BCUT2D eigenvalue weighted by atomic mass is 16.8. The molecule has 0 bridgehead atoms. The number of carbonyl (C=O) groups is 4. The summed E-state index contributed by atoms with van der Waals surface area (Å²) in [5, 5.41) is 0. The number of rotatable bonds is 13. The van der Waals surface area contributed by atoms with Crippen molar-refractivity contribution in [2.45, 2.75) is 78.6 Å². The first kappa shape index (κ1) is 32.5. The van der Waals surface area contributed by atoms with E-state index in [1.54, 1.807) is 27.7 Å². The molecule has 0 spiro atoms. The number of nitrogens with two attached hydrogens (primary N) is 1. The summed E-state index contributed by atoms with van der Waals surface area (Å²) < 4.78 is 35.3. The number of esters is 1. The van der Waals surface area contributed by atoms with E-state index in [9.17, 15) is 19.2 Å². The third-order valence-electron chi connectivity index (χ3n) is 5.12. The third kappa shape index (κ3) is 11.7. The van der Waals surface area contributed by atoms with Crippen molar-refractivity contribution in [2.24, 2.45) is 11.7 Å². The van der Waals surface area contributed by atoms with Crippen LogP contribution in [-0.2, 0) is 34.9 Å². The van der Waals surface area contributed by atoms with Crippen LogP contribution in [0.5, 0.6) is 11.5 Å². The number of carbonyl (C=O) groups excluding carboxylic acids is 4. The summed E-state index contributed by atoms with van der Waals surface area (Å²) in [5.74, 6) is -0.852. The van der Waals surface area contributed by atoms with Gasteiger partial charge in [-0.05, 0) is 51.3 Å². The standard InChI is InChI=1S/C26H39NO11/c1-8-18(6)15-34-23(29)33-12-11-26(27,22(28)32-7)14-19-9-10-20(37-24(30)35-16(2)3)21(13-19)38-25(31)36-17(4)5/h9-10,13,16-18H,8,11-12,14-15,27H2,1-7H3/t18-,26?/m0/s1. The van der Waals surface area contributed by atoms with Crippen LogP contribution in [0.3, 0.4) is 0 Å². The first-order chi connectivity index (χ1) is 17.8. The van der Waals surface area contributed by atoms with Crippen LogP contribution < -0.4 is 15.2 Å². The van der Waals surface area contributed by atoms with Gasteiger partial charge in [-0.15, -0.1) is 0 Å². The minimum Gasteiger partial charge on any atom is -0.468 e. The van der Waals surface area contributed by atoms with Gasteiger partial charge in [0.25, 0.3) is 0 Å². The Morgan fingerprint density at radius 1 is 0.868 bits per heavy atom. The summed E-state index contributed by atoms with van der Waals surface area (Å²) in [6, 6.07) is 4.24. The molecule has 1 aromatic carbocycles. The van der Waals surface area contributed by atoms with Crippen LogP contribution >= 0.6 is 0 Å². The predicted molar refractivity (Wildman–Crippen MR) is 135 cm³/mol. The zero-order chi connectivity index (χ0) is 28.9. The molecule has 0 saturated carbocycles. The van der Waals surface area contributed by atoms with Crippen LogP contribution in [-0.4, -0.2) is 62.5 Å². The highest BCUT2D eigenvalue weighted by Gasteiger charge is 2.36. The predicted octanol–water partition coefficient (Wildman–Crippen LogP) is 4.54. The van der Waals surface area contributed by atoms with Crippen molar-refractivity contribution in [1.29, 1.82) is 0 Å². The van der Waals surface area contributed by atoms with Gasteiger partial charge in [0, 0.05) is 12.8 Å². The lowest BCUT2D eigenvalue weighted by Crippen LogP contribution is -2.51. The highest BCUT2D eigenvalue weighted by molar-refractivity contribution is 5.81. The van der Waals surface area contributed by atoms with E-state index in [4.69, 9.17) is 38.9 Å². The van der Waals surface area contributed by atoms with Gasteiger partial charge in [0.1, 0.15) is 5.54 Å². The monoisotopic (exact) mass is 541 g/mol. The second-order valence-electron chi connectivity index (χ2n) is 9.32. The quantitative estimate of drug-likeness (QED) is 0.211. The minimum atomic E-state index is -1.61. The maximum atomic E-state index is 12.6. The Hall–Kier alpha value is -3.54. The van der Waals surface area contributed by atoms with Crippen molar-refractivity contribution >= 4 is 24.4 Å². The molecule has 1 unspecified atom stereocenters. The summed E-state index contributed by atoms with van der Waals surface area (Å²) in [7, 11) is 1.18. The summed E-state index contributed by atoms with van der Waals surface area (Å²) >= 11 is 0. The van der Waals surface area contributed by atoms with E-state index < -0.39 is 42.2 Å². The number of hydrogen-bond donors (Lipinski definition) is 1. The van der Waals surface area contributed by atoms with E-state index in [0.717, 1.165) is 6.42 Å². The number of benzene rings is 1. The van der Waals surface area contributed by atoms with Gasteiger partial charge in [-0.1, -0.05) is 26.3 Å².